The molecule has 1 amide bonds. The van der Waals surface area contributed by atoms with Gasteiger partial charge in [-0.2, -0.15) is 0 Å². The summed E-state index contributed by atoms with van der Waals surface area (Å²) in [5, 5.41) is 3.08. The van der Waals surface area contributed by atoms with Crippen LogP contribution in [0.5, 0.6) is 0 Å². The van der Waals surface area contributed by atoms with Gasteiger partial charge in [-0.1, -0.05) is 6.42 Å². The van der Waals surface area contributed by atoms with Crippen LogP contribution in [0.3, 0.4) is 0 Å². The molecule has 1 N–H and O–H groups in total. The Bertz CT molecular complexity index is 733. The zero-order valence-electron chi connectivity index (χ0n) is 14.1. The fraction of sp³-hybridized carbons (Fsp3) is 0.500. The summed E-state index contributed by atoms with van der Waals surface area (Å²) in [5.74, 6) is 2.00. The molecule has 3 heterocycles. The van der Waals surface area contributed by atoms with Crippen molar-refractivity contribution in [3.63, 3.8) is 0 Å². The normalized spacial score (nSPS) is 20.8. The van der Waals surface area contributed by atoms with E-state index in [2.05, 4.69) is 25.3 Å². The SMILES string of the molecule is O=C(C1CCC1)N1CCC[C@@H](c2ccnc(Nc3cnccn3)n2)C1. The molecule has 1 saturated carbocycles. The number of carbonyl (C=O) groups is 1. The van der Waals surface area contributed by atoms with E-state index in [-0.39, 0.29) is 11.8 Å². The van der Waals surface area contributed by atoms with Gasteiger partial charge in [0.1, 0.15) is 0 Å². The number of nitrogens with one attached hydrogen (secondary N) is 1. The molecule has 25 heavy (non-hydrogen) atoms. The summed E-state index contributed by atoms with van der Waals surface area (Å²) in [4.78, 5) is 31.7. The first-order chi connectivity index (χ1) is 12.3. The molecule has 2 aromatic rings. The van der Waals surface area contributed by atoms with E-state index in [4.69, 9.17) is 0 Å². The van der Waals surface area contributed by atoms with Crippen molar-refractivity contribution in [3.05, 3.63) is 36.5 Å². The fourth-order valence-corrected chi connectivity index (χ4v) is 3.47. The second kappa shape index (κ2) is 7.13. The van der Waals surface area contributed by atoms with Gasteiger partial charge in [0.2, 0.25) is 11.9 Å². The lowest BCUT2D eigenvalue weighted by atomic mass is 9.83. The molecule has 7 nitrogen and oxygen atoms in total. The lowest BCUT2D eigenvalue weighted by molar-refractivity contribution is -0.139. The van der Waals surface area contributed by atoms with Gasteiger partial charge in [0, 0.05) is 43.5 Å². The molecule has 4 rings (SSSR count). The zero-order chi connectivity index (χ0) is 17.1. The van der Waals surface area contributed by atoms with E-state index in [1.54, 1.807) is 24.8 Å². The molecule has 7 heteroatoms. The number of nitrogens with zero attached hydrogens (tertiary/aromatic N) is 5. The molecule has 130 valence electrons. The first-order valence-electron chi connectivity index (χ1n) is 8.94. The predicted octanol–water partition coefficient (Wildman–Crippen LogP) is 2.52. The minimum absolute atomic E-state index is 0.262. The molecule has 1 atom stereocenters. The Morgan fingerprint density at radius 2 is 2.04 bits per heavy atom. The van der Waals surface area contributed by atoms with Crippen LogP contribution in [0.15, 0.2) is 30.9 Å². The first kappa shape index (κ1) is 15.9. The average molecular weight is 338 g/mol. The monoisotopic (exact) mass is 338 g/mol. The smallest absolute Gasteiger partial charge is 0.228 e. The van der Waals surface area contributed by atoms with E-state index in [1.165, 1.54) is 6.42 Å². The summed E-state index contributed by atoms with van der Waals surface area (Å²) < 4.78 is 0. The van der Waals surface area contributed by atoms with Crippen LogP contribution in [0.4, 0.5) is 11.8 Å². The zero-order valence-corrected chi connectivity index (χ0v) is 14.1. The molecule has 0 bridgehead atoms. The third kappa shape index (κ3) is 3.60. The van der Waals surface area contributed by atoms with Crippen molar-refractivity contribution >= 4 is 17.7 Å². The standard InChI is InChI=1S/C18H22N6O/c25-17(13-3-1-4-13)24-10-2-5-14(12-24)15-6-7-21-18(22-15)23-16-11-19-8-9-20-16/h6-9,11,13-14H,1-5,10,12H2,(H,20,21,22,23)/t14-/m1/s1. The molecule has 2 aliphatic rings. The van der Waals surface area contributed by atoms with E-state index in [0.717, 1.165) is 44.5 Å². The Hall–Kier alpha value is -2.57. The summed E-state index contributed by atoms with van der Waals surface area (Å²) in [6, 6.07) is 1.95. The van der Waals surface area contributed by atoms with Crippen LogP contribution >= 0.6 is 0 Å². The van der Waals surface area contributed by atoms with Crippen LogP contribution in [0, 0.1) is 5.92 Å². The number of piperidine rings is 1. The molecule has 0 radical (unpaired) electrons. The van der Waals surface area contributed by atoms with E-state index >= 15 is 0 Å². The van der Waals surface area contributed by atoms with Crippen molar-refractivity contribution in [2.45, 2.75) is 38.0 Å². The van der Waals surface area contributed by atoms with E-state index in [1.807, 2.05) is 11.0 Å². The van der Waals surface area contributed by atoms with Crippen LogP contribution in [0.2, 0.25) is 0 Å². The van der Waals surface area contributed by atoms with Crippen LogP contribution in [-0.4, -0.2) is 43.8 Å². The van der Waals surface area contributed by atoms with Gasteiger partial charge in [-0.05, 0) is 31.7 Å². The Labute approximate surface area is 146 Å². The molecular formula is C18H22N6O. The number of hydrogen-bond donors (Lipinski definition) is 1. The van der Waals surface area contributed by atoms with Crippen molar-refractivity contribution in [2.24, 2.45) is 5.92 Å². The van der Waals surface area contributed by atoms with E-state index in [0.29, 0.717) is 17.7 Å². The van der Waals surface area contributed by atoms with Crippen molar-refractivity contribution in [1.29, 1.82) is 0 Å². The van der Waals surface area contributed by atoms with E-state index in [9.17, 15) is 4.79 Å². The molecule has 0 unspecified atom stereocenters. The molecular weight excluding hydrogens is 316 g/mol. The van der Waals surface area contributed by atoms with Crippen LogP contribution in [0.1, 0.15) is 43.7 Å². The molecule has 1 saturated heterocycles. The summed E-state index contributed by atoms with van der Waals surface area (Å²) in [7, 11) is 0. The molecule has 0 spiro atoms. The average Bonchev–Trinajstić information content (AvgIpc) is 2.61. The highest BCUT2D eigenvalue weighted by Gasteiger charge is 2.32. The van der Waals surface area contributed by atoms with Gasteiger partial charge < -0.3 is 10.2 Å². The van der Waals surface area contributed by atoms with Gasteiger partial charge in [0.05, 0.1) is 11.9 Å². The van der Waals surface area contributed by atoms with Crippen LogP contribution in [-0.2, 0) is 4.79 Å². The van der Waals surface area contributed by atoms with Crippen LogP contribution < -0.4 is 5.32 Å². The van der Waals surface area contributed by atoms with E-state index < -0.39 is 0 Å². The number of anilines is 2. The van der Waals surface area contributed by atoms with Gasteiger partial charge >= 0.3 is 0 Å². The highest BCUT2D eigenvalue weighted by molar-refractivity contribution is 5.79. The van der Waals surface area contributed by atoms with Gasteiger partial charge in [0.25, 0.3) is 0 Å². The van der Waals surface area contributed by atoms with Crippen molar-refractivity contribution in [3.8, 4) is 0 Å². The minimum Gasteiger partial charge on any atom is -0.342 e. The lowest BCUT2D eigenvalue weighted by Gasteiger charge is -2.37. The van der Waals surface area contributed by atoms with Gasteiger partial charge in [-0.25, -0.2) is 15.0 Å². The lowest BCUT2D eigenvalue weighted by Crippen LogP contribution is -2.44. The maximum atomic E-state index is 12.5. The largest absolute Gasteiger partial charge is 0.342 e. The third-order valence-corrected chi connectivity index (χ3v) is 5.09. The number of hydrogen-bond acceptors (Lipinski definition) is 6. The maximum Gasteiger partial charge on any atom is 0.228 e. The van der Waals surface area contributed by atoms with Gasteiger partial charge in [0.15, 0.2) is 5.82 Å². The summed E-state index contributed by atoms with van der Waals surface area (Å²) in [6.45, 7) is 1.64. The van der Waals surface area contributed by atoms with Gasteiger partial charge in [-0.3, -0.25) is 9.78 Å². The highest BCUT2D eigenvalue weighted by Crippen LogP contribution is 2.32. The number of aromatic nitrogens is 4. The second-order valence-corrected chi connectivity index (χ2v) is 6.77. The molecule has 1 aliphatic carbocycles. The predicted molar refractivity (Wildman–Crippen MR) is 93.2 cm³/mol. The van der Waals surface area contributed by atoms with Crippen molar-refractivity contribution in [1.82, 2.24) is 24.8 Å². The fourth-order valence-electron chi connectivity index (χ4n) is 3.47. The van der Waals surface area contributed by atoms with Crippen molar-refractivity contribution in [2.75, 3.05) is 18.4 Å². The topological polar surface area (TPSA) is 83.9 Å². The molecule has 2 aromatic heterocycles. The maximum absolute atomic E-state index is 12.5. The third-order valence-electron chi connectivity index (χ3n) is 5.09. The van der Waals surface area contributed by atoms with Gasteiger partial charge in [-0.15, -0.1) is 0 Å². The Kier molecular flexibility index (Phi) is 4.54. The summed E-state index contributed by atoms with van der Waals surface area (Å²) in [6.07, 6.45) is 12.0. The highest BCUT2D eigenvalue weighted by atomic mass is 16.2. The molecule has 0 aromatic carbocycles. The molecule has 1 aliphatic heterocycles. The van der Waals surface area contributed by atoms with Crippen molar-refractivity contribution < 1.29 is 4.79 Å². The number of amides is 1. The number of rotatable bonds is 4. The van der Waals surface area contributed by atoms with Crippen LogP contribution in [0.25, 0.3) is 0 Å². The quantitative estimate of drug-likeness (QED) is 0.922. The number of carbonyl (C=O) groups excluding carboxylic acids is 1. The molecule has 2 fully saturated rings. The Balaban J connectivity index is 1.45. The summed E-state index contributed by atoms with van der Waals surface area (Å²) >= 11 is 0. The first-order valence-corrected chi connectivity index (χ1v) is 8.94. The Morgan fingerprint density at radius 1 is 1.12 bits per heavy atom. The Morgan fingerprint density at radius 3 is 2.80 bits per heavy atom. The second-order valence-electron chi connectivity index (χ2n) is 6.77. The summed E-state index contributed by atoms with van der Waals surface area (Å²) in [5.41, 5.74) is 0.979. The minimum atomic E-state index is 0.262. The number of likely N-dealkylation sites (tertiary alicyclic amines) is 1.